The van der Waals surface area contributed by atoms with Crippen LogP contribution in [0, 0.1) is 0 Å². The van der Waals surface area contributed by atoms with E-state index in [1.807, 2.05) is 12.1 Å². The summed E-state index contributed by atoms with van der Waals surface area (Å²) in [5, 5.41) is 0.541. The first-order valence-electron chi connectivity index (χ1n) is 6.02. The Morgan fingerprint density at radius 2 is 1.86 bits per heavy atom. The van der Waals surface area contributed by atoms with Gasteiger partial charge in [-0.2, -0.15) is 0 Å². The van der Waals surface area contributed by atoms with E-state index in [2.05, 4.69) is 15.9 Å². The Bertz CT molecular complexity index is 681. The molecule has 21 heavy (non-hydrogen) atoms. The maximum Gasteiger partial charge on any atom is 0.167 e. The first kappa shape index (κ1) is 16.1. The van der Waals surface area contributed by atoms with Crippen LogP contribution in [-0.2, 0) is 6.42 Å². The highest BCUT2D eigenvalue weighted by atomic mass is 79.9. The summed E-state index contributed by atoms with van der Waals surface area (Å²) in [5.74, 6) is 0.536. The number of carbonyl (C=O) groups excluding carboxylic acids is 1. The SMILES string of the molecule is COc1ccc(Br)cc1CC(=O)c1cc(Cl)c(N)c(Cl)c1. The van der Waals surface area contributed by atoms with Gasteiger partial charge >= 0.3 is 0 Å². The van der Waals surface area contributed by atoms with Crippen molar-refractivity contribution in [3.63, 3.8) is 0 Å². The molecule has 0 saturated carbocycles. The van der Waals surface area contributed by atoms with Gasteiger partial charge in [0.05, 0.1) is 22.8 Å². The number of carbonyl (C=O) groups is 1. The second-order valence-electron chi connectivity index (χ2n) is 4.41. The van der Waals surface area contributed by atoms with E-state index in [1.54, 1.807) is 13.2 Å². The number of Topliss-reactive ketones (excluding diaryl/α,β-unsaturated/α-hetero) is 1. The summed E-state index contributed by atoms with van der Waals surface area (Å²) in [6, 6.07) is 8.54. The molecule has 2 N–H and O–H groups in total. The highest BCUT2D eigenvalue weighted by Crippen LogP contribution is 2.30. The zero-order chi connectivity index (χ0) is 15.6. The van der Waals surface area contributed by atoms with Crippen LogP contribution in [0.15, 0.2) is 34.8 Å². The average Bonchev–Trinajstić information content (AvgIpc) is 2.44. The number of hydrogen-bond donors (Lipinski definition) is 1. The number of rotatable bonds is 4. The lowest BCUT2D eigenvalue weighted by Crippen LogP contribution is -2.06. The Morgan fingerprint density at radius 3 is 2.43 bits per heavy atom. The van der Waals surface area contributed by atoms with Gasteiger partial charge in [-0.1, -0.05) is 39.1 Å². The average molecular weight is 389 g/mol. The van der Waals surface area contributed by atoms with Crippen molar-refractivity contribution in [2.75, 3.05) is 12.8 Å². The van der Waals surface area contributed by atoms with Crippen LogP contribution >= 0.6 is 39.1 Å². The van der Waals surface area contributed by atoms with Crippen LogP contribution < -0.4 is 10.5 Å². The van der Waals surface area contributed by atoms with Crippen LogP contribution in [-0.4, -0.2) is 12.9 Å². The van der Waals surface area contributed by atoms with E-state index in [-0.39, 0.29) is 27.9 Å². The fraction of sp³-hybridized carbons (Fsp3) is 0.133. The standard InChI is InChI=1S/C15H12BrCl2NO2/c1-21-14-3-2-10(16)4-9(14)7-13(20)8-5-11(17)15(19)12(18)6-8/h2-6H,7,19H2,1H3. The second kappa shape index (κ2) is 6.69. The molecule has 110 valence electrons. The van der Waals surface area contributed by atoms with Crippen molar-refractivity contribution in [3.8, 4) is 5.75 Å². The van der Waals surface area contributed by atoms with Crippen LogP contribution in [0.2, 0.25) is 10.0 Å². The van der Waals surface area contributed by atoms with Gasteiger partial charge in [0.25, 0.3) is 0 Å². The molecule has 0 aliphatic rings. The van der Waals surface area contributed by atoms with Gasteiger partial charge in [-0.25, -0.2) is 0 Å². The molecule has 0 fully saturated rings. The Balaban J connectivity index is 2.32. The largest absolute Gasteiger partial charge is 0.496 e. The molecule has 0 radical (unpaired) electrons. The van der Waals surface area contributed by atoms with Crippen LogP contribution in [0.3, 0.4) is 0 Å². The number of nitrogen functional groups attached to an aromatic ring is 1. The lowest BCUT2D eigenvalue weighted by atomic mass is 10.0. The molecule has 0 bridgehead atoms. The molecule has 0 atom stereocenters. The van der Waals surface area contributed by atoms with Crippen molar-refractivity contribution >= 4 is 50.6 Å². The van der Waals surface area contributed by atoms with Crippen molar-refractivity contribution in [2.45, 2.75) is 6.42 Å². The molecule has 0 aliphatic heterocycles. The maximum atomic E-state index is 12.4. The van der Waals surface area contributed by atoms with E-state index in [0.29, 0.717) is 11.3 Å². The van der Waals surface area contributed by atoms with E-state index in [4.69, 9.17) is 33.7 Å². The molecule has 2 aromatic carbocycles. The smallest absolute Gasteiger partial charge is 0.167 e. The zero-order valence-electron chi connectivity index (χ0n) is 11.1. The summed E-state index contributed by atoms with van der Waals surface area (Å²) in [6.45, 7) is 0. The molecular formula is C15H12BrCl2NO2. The van der Waals surface area contributed by atoms with Gasteiger partial charge in [-0.15, -0.1) is 0 Å². The summed E-state index contributed by atoms with van der Waals surface area (Å²) in [5.41, 5.74) is 7.14. The van der Waals surface area contributed by atoms with E-state index in [9.17, 15) is 4.79 Å². The second-order valence-corrected chi connectivity index (χ2v) is 6.14. The molecule has 0 spiro atoms. The first-order valence-corrected chi connectivity index (χ1v) is 7.57. The number of nitrogens with two attached hydrogens (primary N) is 1. The quantitative estimate of drug-likeness (QED) is 0.606. The number of methoxy groups -OCH3 is 1. The number of ether oxygens (including phenoxy) is 1. The Kier molecular flexibility index (Phi) is 5.14. The molecule has 0 heterocycles. The van der Waals surface area contributed by atoms with E-state index < -0.39 is 0 Å². The van der Waals surface area contributed by atoms with Crippen LogP contribution in [0.1, 0.15) is 15.9 Å². The predicted octanol–water partition coefficient (Wildman–Crippen LogP) is 4.77. The third kappa shape index (κ3) is 3.70. The van der Waals surface area contributed by atoms with Crippen molar-refractivity contribution in [1.29, 1.82) is 0 Å². The van der Waals surface area contributed by atoms with Gasteiger partial charge < -0.3 is 10.5 Å². The molecule has 3 nitrogen and oxygen atoms in total. The zero-order valence-corrected chi connectivity index (χ0v) is 14.2. The lowest BCUT2D eigenvalue weighted by molar-refractivity contribution is 0.0992. The number of halogens is 3. The Hall–Kier alpha value is -1.23. The first-order chi connectivity index (χ1) is 9.92. The third-order valence-corrected chi connectivity index (χ3v) is 4.11. The highest BCUT2D eigenvalue weighted by molar-refractivity contribution is 9.10. The topological polar surface area (TPSA) is 52.3 Å². The molecule has 0 aliphatic carbocycles. The van der Waals surface area contributed by atoms with Crippen LogP contribution in [0.5, 0.6) is 5.75 Å². The monoisotopic (exact) mass is 387 g/mol. The molecule has 0 aromatic heterocycles. The van der Waals surface area contributed by atoms with E-state index in [0.717, 1.165) is 10.0 Å². The molecule has 6 heteroatoms. The van der Waals surface area contributed by atoms with Crippen LogP contribution in [0.25, 0.3) is 0 Å². The number of benzene rings is 2. The van der Waals surface area contributed by atoms with E-state index in [1.165, 1.54) is 12.1 Å². The van der Waals surface area contributed by atoms with Gasteiger partial charge in [0, 0.05) is 22.0 Å². The third-order valence-electron chi connectivity index (χ3n) is 2.99. The molecule has 0 saturated heterocycles. The minimum Gasteiger partial charge on any atom is -0.496 e. The summed E-state index contributed by atoms with van der Waals surface area (Å²) in [7, 11) is 1.56. The molecule has 0 amide bonds. The minimum atomic E-state index is -0.116. The van der Waals surface area contributed by atoms with Gasteiger partial charge in [0.1, 0.15) is 5.75 Å². The Labute approximate surface area is 141 Å². The van der Waals surface area contributed by atoms with Gasteiger partial charge in [0.15, 0.2) is 5.78 Å². The fourth-order valence-electron chi connectivity index (χ4n) is 1.91. The highest BCUT2D eigenvalue weighted by Gasteiger charge is 2.14. The predicted molar refractivity (Wildman–Crippen MR) is 89.6 cm³/mol. The minimum absolute atomic E-state index is 0.116. The van der Waals surface area contributed by atoms with Crippen molar-refractivity contribution in [1.82, 2.24) is 0 Å². The summed E-state index contributed by atoms with van der Waals surface area (Å²) < 4.78 is 6.13. The maximum absolute atomic E-state index is 12.4. The van der Waals surface area contributed by atoms with Crippen molar-refractivity contribution in [3.05, 3.63) is 56.0 Å². The van der Waals surface area contributed by atoms with Gasteiger partial charge in [0.2, 0.25) is 0 Å². The van der Waals surface area contributed by atoms with Gasteiger partial charge in [-0.05, 0) is 30.3 Å². The molecule has 2 aromatic rings. The van der Waals surface area contributed by atoms with E-state index >= 15 is 0 Å². The van der Waals surface area contributed by atoms with Crippen molar-refractivity contribution < 1.29 is 9.53 Å². The van der Waals surface area contributed by atoms with Crippen molar-refractivity contribution in [2.24, 2.45) is 0 Å². The summed E-state index contributed by atoms with van der Waals surface area (Å²) in [4.78, 5) is 12.4. The lowest BCUT2D eigenvalue weighted by Gasteiger charge is -2.10. The summed E-state index contributed by atoms with van der Waals surface area (Å²) >= 11 is 15.3. The van der Waals surface area contributed by atoms with Gasteiger partial charge in [-0.3, -0.25) is 4.79 Å². The van der Waals surface area contributed by atoms with Crippen LogP contribution in [0.4, 0.5) is 5.69 Å². The fourth-order valence-corrected chi connectivity index (χ4v) is 2.80. The normalized spacial score (nSPS) is 10.5. The molecule has 2 rings (SSSR count). The molecule has 0 unspecified atom stereocenters. The Morgan fingerprint density at radius 1 is 1.24 bits per heavy atom. The molecular weight excluding hydrogens is 377 g/mol. The number of ketones is 1. The number of anilines is 1. The summed E-state index contributed by atoms with van der Waals surface area (Å²) in [6.07, 6.45) is 0.180. The number of hydrogen-bond acceptors (Lipinski definition) is 3.